The molecule has 0 spiro atoms. The summed E-state index contributed by atoms with van der Waals surface area (Å²) in [4.78, 5) is 34.7. The number of imidazole rings is 2. The molecule has 2 rings (SSSR count). The lowest BCUT2D eigenvalue weighted by molar-refractivity contribution is -0.139. The van der Waals surface area contributed by atoms with Gasteiger partial charge in [-0.1, -0.05) is 0 Å². The molecule has 0 aliphatic heterocycles. The molecule has 2 atom stereocenters. The minimum atomic E-state index is -1.12. The fourth-order valence-corrected chi connectivity index (χ4v) is 1.75. The number of rotatable bonds is 8. The first-order valence-electron chi connectivity index (χ1n) is 6.81. The van der Waals surface area contributed by atoms with Crippen LogP contribution in [0.1, 0.15) is 11.4 Å². The van der Waals surface area contributed by atoms with Crippen LogP contribution in [0, 0.1) is 0 Å². The summed E-state index contributed by atoms with van der Waals surface area (Å²) in [6, 6.07) is -2.08. The monoisotopic (exact) mass is 336 g/mol. The van der Waals surface area contributed by atoms with Gasteiger partial charge in [-0.15, -0.1) is 10.2 Å². The van der Waals surface area contributed by atoms with Crippen molar-refractivity contribution in [2.24, 2.45) is 21.7 Å². The molecular weight excluding hydrogens is 320 g/mol. The Labute approximate surface area is 135 Å². The summed E-state index contributed by atoms with van der Waals surface area (Å²) in [5, 5.41) is 25.1. The number of hydrogen-bond donors (Lipinski definition) is 6. The Morgan fingerprint density at radius 3 is 1.67 bits per heavy atom. The second-order valence-corrected chi connectivity index (χ2v) is 4.96. The number of carboxylic acids is 2. The lowest BCUT2D eigenvalue weighted by Gasteiger charge is -2.02. The first-order valence-corrected chi connectivity index (χ1v) is 6.81. The van der Waals surface area contributed by atoms with Crippen LogP contribution in [0.4, 0.5) is 11.9 Å². The zero-order valence-corrected chi connectivity index (χ0v) is 12.4. The van der Waals surface area contributed by atoms with Crippen molar-refractivity contribution in [2.75, 3.05) is 0 Å². The van der Waals surface area contributed by atoms with Crippen LogP contribution in [0.2, 0.25) is 0 Å². The molecule has 0 radical (unpaired) electrons. The highest BCUT2D eigenvalue weighted by atomic mass is 16.4. The van der Waals surface area contributed by atoms with Crippen molar-refractivity contribution in [3.05, 3.63) is 23.8 Å². The van der Waals surface area contributed by atoms with Crippen LogP contribution in [0.15, 0.2) is 22.6 Å². The van der Waals surface area contributed by atoms with Gasteiger partial charge in [0.2, 0.25) is 11.9 Å². The van der Waals surface area contributed by atoms with Gasteiger partial charge in [-0.05, 0) is 0 Å². The van der Waals surface area contributed by atoms with Gasteiger partial charge in [0.05, 0.1) is 12.4 Å². The van der Waals surface area contributed by atoms with Crippen molar-refractivity contribution < 1.29 is 19.8 Å². The minimum Gasteiger partial charge on any atom is -0.480 e. The third-order valence-corrected chi connectivity index (χ3v) is 2.98. The van der Waals surface area contributed by atoms with E-state index in [0.29, 0.717) is 11.4 Å². The van der Waals surface area contributed by atoms with Gasteiger partial charge in [0.25, 0.3) is 0 Å². The molecular formula is C12H16N8O4. The van der Waals surface area contributed by atoms with Crippen molar-refractivity contribution in [1.29, 1.82) is 0 Å². The molecule has 24 heavy (non-hydrogen) atoms. The van der Waals surface area contributed by atoms with Crippen LogP contribution in [-0.4, -0.2) is 54.2 Å². The van der Waals surface area contributed by atoms with E-state index >= 15 is 0 Å². The lowest BCUT2D eigenvalue weighted by Crippen LogP contribution is -2.32. The van der Waals surface area contributed by atoms with Crippen molar-refractivity contribution in [3.8, 4) is 0 Å². The Balaban J connectivity index is 1.96. The van der Waals surface area contributed by atoms with Gasteiger partial charge in [0, 0.05) is 24.2 Å². The van der Waals surface area contributed by atoms with E-state index in [4.69, 9.17) is 21.7 Å². The highest BCUT2D eigenvalue weighted by Gasteiger charge is 2.14. The van der Waals surface area contributed by atoms with E-state index in [-0.39, 0.29) is 24.7 Å². The van der Waals surface area contributed by atoms with E-state index < -0.39 is 24.0 Å². The molecule has 2 unspecified atom stereocenters. The van der Waals surface area contributed by atoms with E-state index in [0.717, 1.165) is 0 Å². The number of carbonyl (C=O) groups is 2. The van der Waals surface area contributed by atoms with Crippen LogP contribution in [0.25, 0.3) is 0 Å². The molecule has 0 saturated carbocycles. The zero-order chi connectivity index (χ0) is 17.7. The van der Waals surface area contributed by atoms with Gasteiger partial charge in [0.1, 0.15) is 12.1 Å². The van der Waals surface area contributed by atoms with E-state index in [9.17, 15) is 9.59 Å². The molecule has 0 amide bonds. The summed E-state index contributed by atoms with van der Waals surface area (Å²) >= 11 is 0. The summed E-state index contributed by atoms with van der Waals surface area (Å²) in [6.45, 7) is 0. The maximum Gasteiger partial charge on any atom is 0.320 e. The first-order chi connectivity index (χ1) is 11.3. The van der Waals surface area contributed by atoms with Crippen LogP contribution in [-0.2, 0) is 22.4 Å². The number of nitrogens with one attached hydrogen (secondary N) is 2. The van der Waals surface area contributed by atoms with Crippen LogP contribution in [0.3, 0.4) is 0 Å². The zero-order valence-electron chi connectivity index (χ0n) is 12.4. The standard InChI is InChI=1S/C12H16N8O4/c13-7(9(21)22)1-5-3-15-11(17-5)19-20-12-16-4-6(18-12)2-8(14)10(23)24/h3-4,7-8H,1-2,13-14H2,(H,15,17)(H,16,18)(H,21,22)(H,23,24)/b20-19+. The predicted octanol–water partition coefficient (Wildman–Crippen LogP) is -0.543. The van der Waals surface area contributed by atoms with E-state index in [1.54, 1.807) is 0 Å². The number of carboxylic acid groups (broad SMARTS) is 2. The highest BCUT2D eigenvalue weighted by molar-refractivity contribution is 5.73. The fraction of sp³-hybridized carbons (Fsp3) is 0.333. The SMILES string of the molecule is NC(Cc1cnc(/N=N/c2ncc(CC(N)C(=O)O)[nH]2)[nH]1)C(=O)O. The van der Waals surface area contributed by atoms with Gasteiger partial charge in [0.15, 0.2) is 0 Å². The maximum absolute atomic E-state index is 10.7. The summed E-state index contributed by atoms with van der Waals surface area (Å²) in [5.74, 6) is -1.92. The number of nitrogens with zero attached hydrogens (tertiary/aromatic N) is 4. The molecule has 2 aromatic heterocycles. The Kier molecular flexibility index (Phi) is 5.34. The Morgan fingerprint density at radius 1 is 0.958 bits per heavy atom. The summed E-state index contributed by atoms with van der Waals surface area (Å²) in [5.41, 5.74) is 11.8. The molecule has 0 aliphatic carbocycles. The summed E-state index contributed by atoms with van der Waals surface area (Å²) in [6.07, 6.45) is 2.98. The molecule has 2 aromatic rings. The van der Waals surface area contributed by atoms with Gasteiger partial charge < -0.3 is 31.6 Å². The van der Waals surface area contributed by atoms with Gasteiger partial charge in [-0.3, -0.25) is 9.59 Å². The van der Waals surface area contributed by atoms with Crippen LogP contribution < -0.4 is 11.5 Å². The molecule has 0 aromatic carbocycles. The number of aliphatic carboxylic acids is 2. The Morgan fingerprint density at radius 2 is 1.33 bits per heavy atom. The average molecular weight is 336 g/mol. The molecule has 0 aliphatic rings. The van der Waals surface area contributed by atoms with Crippen LogP contribution in [0.5, 0.6) is 0 Å². The molecule has 12 nitrogen and oxygen atoms in total. The number of aromatic amines is 2. The quantitative estimate of drug-likeness (QED) is 0.344. The molecule has 128 valence electrons. The first kappa shape index (κ1) is 17.2. The molecule has 8 N–H and O–H groups in total. The molecule has 12 heteroatoms. The second kappa shape index (κ2) is 7.43. The highest BCUT2D eigenvalue weighted by Crippen LogP contribution is 2.13. The average Bonchev–Trinajstić information content (AvgIpc) is 3.14. The minimum absolute atomic E-state index is 0.0792. The van der Waals surface area contributed by atoms with Crippen molar-refractivity contribution in [3.63, 3.8) is 0 Å². The van der Waals surface area contributed by atoms with Gasteiger partial charge in [-0.25, -0.2) is 9.97 Å². The van der Waals surface area contributed by atoms with Crippen molar-refractivity contribution in [2.45, 2.75) is 24.9 Å². The van der Waals surface area contributed by atoms with E-state index in [1.165, 1.54) is 12.4 Å². The number of azo groups is 1. The van der Waals surface area contributed by atoms with Crippen LogP contribution >= 0.6 is 0 Å². The molecule has 0 fully saturated rings. The predicted molar refractivity (Wildman–Crippen MR) is 80.0 cm³/mol. The summed E-state index contributed by atoms with van der Waals surface area (Å²) < 4.78 is 0. The smallest absolute Gasteiger partial charge is 0.320 e. The topological polar surface area (TPSA) is 209 Å². The maximum atomic E-state index is 10.7. The molecule has 0 saturated heterocycles. The van der Waals surface area contributed by atoms with E-state index in [2.05, 4.69) is 30.2 Å². The fourth-order valence-electron chi connectivity index (χ4n) is 1.75. The van der Waals surface area contributed by atoms with Gasteiger partial charge in [-0.2, -0.15) is 0 Å². The van der Waals surface area contributed by atoms with Crippen molar-refractivity contribution in [1.82, 2.24) is 19.9 Å². The van der Waals surface area contributed by atoms with Gasteiger partial charge >= 0.3 is 11.9 Å². The summed E-state index contributed by atoms with van der Waals surface area (Å²) in [7, 11) is 0. The largest absolute Gasteiger partial charge is 0.480 e. The third kappa shape index (κ3) is 4.69. The Bertz CT molecular complexity index is 690. The second-order valence-electron chi connectivity index (χ2n) is 4.96. The molecule has 0 bridgehead atoms. The number of H-pyrrole nitrogens is 2. The van der Waals surface area contributed by atoms with Crippen molar-refractivity contribution >= 4 is 23.8 Å². The third-order valence-electron chi connectivity index (χ3n) is 2.98. The Hall–Kier alpha value is -3.12. The molecule has 2 heterocycles. The van der Waals surface area contributed by atoms with E-state index in [1.807, 2.05) is 0 Å². The number of aromatic nitrogens is 4. The lowest BCUT2D eigenvalue weighted by atomic mass is 10.2. The number of hydrogen-bond acceptors (Lipinski definition) is 8. The normalized spacial score (nSPS) is 13.9. The number of nitrogens with two attached hydrogens (primary N) is 2.